The average molecular weight is 444 g/mol. The second-order valence-electron chi connectivity index (χ2n) is 7.46. The van der Waals surface area contributed by atoms with Crippen LogP contribution < -0.4 is 0 Å². The van der Waals surface area contributed by atoms with Gasteiger partial charge in [-0.2, -0.15) is 8.42 Å². The third-order valence-electron chi connectivity index (χ3n) is 5.00. The Hall–Kier alpha value is -1.93. The molecule has 0 spiro atoms. The SMILES string of the molecule is CC(C)OS(=O)(=O)CCCn1c2c3ccccc3sc2c2sc3ccccc3c21. The highest BCUT2D eigenvalue weighted by Gasteiger charge is 2.21. The molecule has 5 rings (SSSR count). The second-order valence-corrected chi connectivity index (χ2v) is 11.3. The zero-order valence-electron chi connectivity index (χ0n) is 16.2. The van der Waals surface area contributed by atoms with Gasteiger partial charge in [-0.3, -0.25) is 4.18 Å². The van der Waals surface area contributed by atoms with Crippen LogP contribution in [0.4, 0.5) is 0 Å². The van der Waals surface area contributed by atoms with Crippen molar-refractivity contribution in [1.82, 2.24) is 4.57 Å². The number of hydrogen-bond acceptors (Lipinski definition) is 5. The van der Waals surface area contributed by atoms with Crippen molar-refractivity contribution < 1.29 is 12.6 Å². The summed E-state index contributed by atoms with van der Waals surface area (Å²) in [5, 5.41) is 2.47. The van der Waals surface area contributed by atoms with Crippen LogP contribution in [0, 0.1) is 0 Å². The Balaban J connectivity index is 1.66. The quantitative estimate of drug-likeness (QED) is 0.287. The molecule has 5 aromatic rings. The lowest BCUT2D eigenvalue weighted by atomic mass is 10.2. The van der Waals surface area contributed by atoms with Crippen LogP contribution >= 0.6 is 22.7 Å². The minimum atomic E-state index is -3.51. The maximum atomic E-state index is 12.2. The minimum Gasteiger partial charge on any atom is -0.338 e. The summed E-state index contributed by atoms with van der Waals surface area (Å²) in [7, 11) is -3.51. The van der Waals surface area contributed by atoms with E-state index in [0.29, 0.717) is 13.0 Å². The molecule has 0 saturated heterocycles. The Morgan fingerprint density at radius 2 is 1.41 bits per heavy atom. The summed E-state index contributed by atoms with van der Waals surface area (Å²) >= 11 is 3.64. The van der Waals surface area contributed by atoms with E-state index >= 15 is 0 Å². The summed E-state index contributed by atoms with van der Waals surface area (Å²) in [6.45, 7) is 4.12. The Morgan fingerprint density at radius 3 is 1.93 bits per heavy atom. The summed E-state index contributed by atoms with van der Waals surface area (Å²) in [6, 6.07) is 16.9. The standard InChI is InChI=1S/C22H21NO3S3/c1-14(2)26-29(24,25)13-7-12-23-19-15-8-3-5-10-17(15)27-21(19)22-20(23)16-9-4-6-11-18(16)28-22/h3-6,8-11,14H,7,12-13H2,1-2H3. The number of fused-ring (bicyclic) bond motifs is 7. The predicted octanol–water partition coefficient (Wildman–Crippen LogP) is 6.37. The van der Waals surface area contributed by atoms with Crippen molar-refractivity contribution >= 4 is 73.4 Å². The van der Waals surface area contributed by atoms with Gasteiger partial charge in [0, 0.05) is 26.7 Å². The van der Waals surface area contributed by atoms with Crippen LogP contribution in [-0.2, 0) is 20.8 Å². The van der Waals surface area contributed by atoms with Gasteiger partial charge >= 0.3 is 0 Å². The van der Waals surface area contributed by atoms with Crippen molar-refractivity contribution in [3.05, 3.63) is 48.5 Å². The molecule has 2 aromatic carbocycles. The zero-order valence-corrected chi connectivity index (χ0v) is 18.7. The fourth-order valence-corrected chi connectivity index (χ4v) is 7.69. The first-order valence-corrected chi connectivity index (χ1v) is 12.9. The van der Waals surface area contributed by atoms with Gasteiger partial charge in [0.05, 0.1) is 32.3 Å². The van der Waals surface area contributed by atoms with Gasteiger partial charge in [-0.25, -0.2) is 0 Å². The minimum absolute atomic E-state index is 0.0243. The lowest BCUT2D eigenvalue weighted by Crippen LogP contribution is -2.16. The molecule has 0 amide bonds. The molecule has 0 fully saturated rings. The fraction of sp³-hybridized carbons (Fsp3) is 0.273. The van der Waals surface area contributed by atoms with E-state index in [1.54, 1.807) is 13.8 Å². The van der Waals surface area contributed by atoms with E-state index < -0.39 is 10.1 Å². The molecule has 7 heteroatoms. The zero-order chi connectivity index (χ0) is 20.2. The van der Waals surface area contributed by atoms with Crippen LogP contribution in [0.1, 0.15) is 20.3 Å². The van der Waals surface area contributed by atoms with Gasteiger partial charge in [0.25, 0.3) is 10.1 Å². The summed E-state index contributed by atoms with van der Waals surface area (Å²) in [5.74, 6) is 0.0243. The molecule has 0 saturated carbocycles. The van der Waals surface area contributed by atoms with Crippen molar-refractivity contribution in [3.63, 3.8) is 0 Å². The molecule has 0 aliphatic heterocycles. The fourth-order valence-electron chi connectivity index (χ4n) is 3.98. The molecule has 150 valence electrons. The Labute approximate surface area is 177 Å². The second kappa shape index (κ2) is 7.09. The molecule has 0 atom stereocenters. The van der Waals surface area contributed by atoms with Crippen LogP contribution in [0.3, 0.4) is 0 Å². The number of rotatable bonds is 6. The first kappa shape index (κ1) is 19.1. The van der Waals surface area contributed by atoms with E-state index in [1.807, 2.05) is 22.7 Å². The number of nitrogens with zero attached hydrogens (tertiary/aromatic N) is 1. The monoisotopic (exact) mass is 443 g/mol. The van der Waals surface area contributed by atoms with Crippen molar-refractivity contribution in [2.45, 2.75) is 32.9 Å². The average Bonchev–Trinajstić information content (AvgIpc) is 3.30. The topological polar surface area (TPSA) is 48.3 Å². The summed E-state index contributed by atoms with van der Waals surface area (Å²) < 4.78 is 36.9. The van der Waals surface area contributed by atoms with Crippen LogP contribution in [0.15, 0.2) is 48.5 Å². The third kappa shape index (κ3) is 3.26. The van der Waals surface area contributed by atoms with E-state index in [0.717, 1.165) is 0 Å². The highest BCUT2D eigenvalue weighted by Crippen LogP contribution is 2.46. The van der Waals surface area contributed by atoms with Crippen LogP contribution in [0.5, 0.6) is 0 Å². The van der Waals surface area contributed by atoms with E-state index in [2.05, 4.69) is 53.1 Å². The molecule has 4 nitrogen and oxygen atoms in total. The maximum Gasteiger partial charge on any atom is 0.267 e. The summed E-state index contributed by atoms with van der Waals surface area (Å²) in [5.41, 5.74) is 2.44. The highest BCUT2D eigenvalue weighted by atomic mass is 32.2. The van der Waals surface area contributed by atoms with Crippen molar-refractivity contribution in [1.29, 1.82) is 0 Å². The molecule has 29 heavy (non-hydrogen) atoms. The Kier molecular flexibility index (Phi) is 4.66. The molecule has 0 aliphatic rings. The van der Waals surface area contributed by atoms with Crippen molar-refractivity contribution in [2.24, 2.45) is 0 Å². The van der Waals surface area contributed by atoms with Gasteiger partial charge in [-0.1, -0.05) is 36.4 Å². The Morgan fingerprint density at radius 1 is 0.897 bits per heavy atom. The Bertz CT molecular complexity index is 1370. The number of hydrogen-bond donors (Lipinski definition) is 0. The van der Waals surface area contributed by atoms with Gasteiger partial charge < -0.3 is 4.57 Å². The van der Waals surface area contributed by atoms with E-state index in [1.165, 1.54) is 40.6 Å². The number of benzene rings is 2. The highest BCUT2D eigenvalue weighted by molar-refractivity contribution is 7.86. The van der Waals surface area contributed by atoms with Gasteiger partial charge in [-0.05, 0) is 32.4 Å². The molecule has 3 heterocycles. The van der Waals surface area contributed by atoms with Crippen LogP contribution in [0.25, 0.3) is 40.6 Å². The predicted molar refractivity (Wildman–Crippen MR) is 125 cm³/mol. The smallest absolute Gasteiger partial charge is 0.267 e. The molecule has 0 radical (unpaired) electrons. The lowest BCUT2D eigenvalue weighted by Gasteiger charge is -2.10. The third-order valence-corrected chi connectivity index (χ3v) is 8.95. The van der Waals surface area contributed by atoms with Gasteiger partial charge in [0.15, 0.2) is 0 Å². The van der Waals surface area contributed by atoms with Crippen LogP contribution in [0.2, 0.25) is 0 Å². The van der Waals surface area contributed by atoms with Crippen LogP contribution in [-0.4, -0.2) is 24.8 Å². The first-order chi connectivity index (χ1) is 13.9. The van der Waals surface area contributed by atoms with E-state index in [-0.39, 0.29) is 11.9 Å². The van der Waals surface area contributed by atoms with Crippen molar-refractivity contribution in [2.75, 3.05) is 5.75 Å². The molecule has 0 unspecified atom stereocenters. The number of aryl methyl sites for hydroxylation is 1. The maximum absolute atomic E-state index is 12.2. The first-order valence-electron chi connectivity index (χ1n) is 9.66. The number of thiophene rings is 2. The van der Waals surface area contributed by atoms with Gasteiger partial charge in [0.2, 0.25) is 0 Å². The number of aromatic nitrogens is 1. The summed E-state index contributed by atoms with van der Waals surface area (Å²) in [6.07, 6.45) is 0.189. The van der Waals surface area contributed by atoms with E-state index in [9.17, 15) is 8.42 Å². The van der Waals surface area contributed by atoms with E-state index in [4.69, 9.17) is 4.18 Å². The van der Waals surface area contributed by atoms with Crippen molar-refractivity contribution in [3.8, 4) is 0 Å². The molecular weight excluding hydrogens is 422 g/mol. The molecule has 0 bridgehead atoms. The molecule has 3 aromatic heterocycles. The molecule has 0 aliphatic carbocycles. The summed E-state index contributed by atoms with van der Waals surface area (Å²) in [4.78, 5) is 0. The molecule has 0 N–H and O–H groups in total. The van der Waals surface area contributed by atoms with Gasteiger partial charge in [-0.15, -0.1) is 22.7 Å². The largest absolute Gasteiger partial charge is 0.338 e. The normalized spacial score (nSPS) is 12.9. The lowest BCUT2D eigenvalue weighted by molar-refractivity contribution is 0.248. The van der Waals surface area contributed by atoms with Gasteiger partial charge in [0.1, 0.15) is 0 Å². The molecular formula is C22H21NO3S3.